The van der Waals surface area contributed by atoms with Crippen molar-refractivity contribution in [3.8, 4) is 17.2 Å². The number of alkyl halides is 3. The summed E-state index contributed by atoms with van der Waals surface area (Å²) < 4.78 is 49.0. The van der Waals surface area contributed by atoms with Gasteiger partial charge in [-0.25, -0.2) is 0 Å². The fourth-order valence-electron chi connectivity index (χ4n) is 2.12. The Kier molecular flexibility index (Phi) is 6.13. The summed E-state index contributed by atoms with van der Waals surface area (Å²) in [5.74, 6) is 1.48. The lowest BCUT2D eigenvalue weighted by Gasteiger charge is -2.16. The van der Waals surface area contributed by atoms with E-state index >= 15 is 0 Å². The molecule has 26 heavy (non-hydrogen) atoms. The van der Waals surface area contributed by atoms with Gasteiger partial charge in [0.1, 0.15) is 23.4 Å². The van der Waals surface area contributed by atoms with Gasteiger partial charge in [0.25, 0.3) is 0 Å². The van der Waals surface area contributed by atoms with Gasteiger partial charge in [-0.2, -0.15) is 18.3 Å². The number of halogens is 3. The van der Waals surface area contributed by atoms with Gasteiger partial charge in [0.2, 0.25) is 0 Å². The Hall–Kier alpha value is -2.70. The van der Waals surface area contributed by atoms with Crippen molar-refractivity contribution in [2.24, 2.45) is 5.10 Å². The summed E-state index contributed by atoms with van der Waals surface area (Å²) in [7, 11) is 3.67. The highest BCUT2D eigenvalue weighted by molar-refractivity contribution is 5.86. The molecule has 0 spiro atoms. The van der Waals surface area contributed by atoms with Crippen LogP contribution in [0.15, 0.2) is 53.6 Å². The van der Waals surface area contributed by atoms with Crippen LogP contribution in [-0.2, 0) is 6.18 Å². The molecule has 0 amide bonds. The standard InChI is InChI=1S/C19H21F3N2O2/c1-13(23-24(3)4)14(2)25-16-9-11-18(12-10-16)26-17-7-5-15(6-8-17)19(20,21)22/h5-12,14H,1-4H3/b23-13+. The lowest BCUT2D eigenvalue weighted by atomic mass is 10.2. The fourth-order valence-corrected chi connectivity index (χ4v) is 2.12. The first kappa shape index (κ1) is 19.6. The molecular formula is C19H21F3N2O2. The van der Waals surface area contributed by atoms with E-state index < -0.39 is 11.7 Å². The van der Waals surface area contributed by atoms with Gasteiger partial charge in [-0.05, 0) is 62.4 Å². The second kappa shape index (κ2) is 8.12. The third-order valence-corrected chi connectivity index (χ3v) is 3.50. The van der Waals surface area contributed by atoms with Gasteiger partial charge in [0.05, 0.1) is 11.3 Å². The maximum absolute atomic E-state index is 12.6. The molecule has 0 heterocycles. The summed E-state index contributed by atoms with van der Waals surface area (Å²) in [6, 6.07) is 11.4. The van der Waals surface area contributed by atoms with E-state index in [0.29, 0.717) is 17.2 Å². The van der Waals surface area contributed by atoms with Gasteiger partial charge in [-0.3, -0.25) is 0 Å². The highest BCUT2D eigenvalue weighted by Gasteiger charge is 2.30. The fraction of sp³-hybridized carbons (Fsp3) is 0.316. The maximum Gasteiger partial charge on any atom is 0.416 e. The van der Waals surface area contributed by atoms with E-state index in [1.165, 1.54) is 12.1 Å². The smallest absolute Gasteiger partial charge is 0.416 e. The third kappa shape index (κ3) is 5.68. The number of rotatable bonds is 6. The Labute approximate surface area is 150 Å². The predicted molar refractivity (Wildman–Crippen MR) is 94.8 cm³/mol. The summed E-state index contributed by atoms with van der Waals surface area (Å²) in [6.07, 6.45) is -4.55. The van der Waals surface area contributed by atoms with E-state index in [9.17, 15) is 13.2 Å². The molecule has 2 aromatic rings. The Balaban J connectivity index is 1.99. The molecule has 0 aliphatic rings. The minimum atomic E-state index is -4.36. The Morgan fingerprint density at radius 3 is 1.85 bits per heavy atom. The number of hydrogen-bond acceptors (Lipinski definition) is 4. The quantitative estimate of drug-likeness (QED) is 0.520. The van der Waals surface area contributed by atoms with E-state index in [1.54, 1.807) is 29.3 Å². The molecule has 0 fully saturated rings. The van der Waals surface area contributed by atoms with Crippen molar-refractivity contribution in [3.63, 3.8) is 0 Å². The first-order valence-corrected chi connectivity index (χ1v) is 7.99. The first-order chi connectivity index (χ1) is 12.1. The largest absolute Gasteiger partial charge is 0.485 e. The number of nitrogens with zero attached hydrogens (tertiary/aromatic N) is 2. The van der Waals surface area contributed by atoms with Crippen LogP contribution in [0.2, 0.25) is 0 Å². The van der Waals surface area contributed by atoms with E-state index in [4.69, 9.17) is 9.47 Å². The Bertz CT molecular complexity index is 739. The molecule has 0 aromatic heterocycles. The summed E-state index contributed by atoms with van der Waals surface area (Å²) in [6.45, 7) is 3.78. The van der Waals surface area contributed by atoms with Crippen molar-refractivity contribution in [1.82, 2.24) is 5.01 Å². The number of hydrazone groups is 1. The van der Waals surface area contributed by atoms with Crippen LogP contribution < -0.4 is 9.47 Å². The van der Waals surface area contributed by atoms with Crippen molar-refractivity contribution < 1.29 is 22.6 Å². The van der Waals surface area contributed by atoms with Gasteiger partial charge in [-0.1, -0.05) is 0 Å². The van der Waals surface area contributed by atoms with Crippen molar-refractivity contribution in [1.29, 1.82) is 0 Å². The lowest BCUT2D eigenvalue weighted by Crippen LogP contribution is -2.23. The van der Waals surface area contributed by atoms with Crippen LogP contribution in [-0.4, -0.2) is 30.9 Å². The van der Waals surface area contributed by atoms with Crippen molar-refractivity contribution >= 4 is 5.71 Å². The van der Waals surface area contributed by atoms with Gasteiger partial charge in [-0.15, -0.1) is 0 Å². The minimum absolute atomic E-state index is 0.195. The molecule has 0 saturated carbocycles. The Morgan fingerprint density at radius 1 is 0.923 bits per heavy atom. The van der Waals surface area contributed by atoms with Crippen LogP contribution in [0.25, 0.3) is 0 Å². The highest BCUT2D eigenvalue weighted by Crippen LogP contribution is 2.31. The summed E-state index contributed by atoms with van der Waals surface area (Å²) in [5.41, 5.74) is 0.123. The van der Waals surface area contributed by atoms with Crippen LogP contribution in [0.1, 0.15) is 19.4 Å². The molecule has 4 nitrogen and oxygen atoms in total. The normalized spacial score (nSPS) is 13.3. The average molecular weight is 366 g/mol. The maximum atomic E-state index is 12.6. The number of benzene rings is 2. The molecule has 2 rings (SSSR count). The van der Waals surface area contributed by atoms with E-state index in [2.05, 4.69) is 5.10 Å². The van der Waals surface area contributed by atoms with Gasteiger partial charge >= 0.3 is 6.18 Å². The molecule has 1 atom stereocenters. The van der Waals surface area contributed by atoms with Crippen LogP contribution in [0.3, 0.4) is 0 Å². The molecule has 0 saturated heterocycles. The second-order valence-corrected chi connectivity index (χ2v) is 5.94. The topological polar surface area (TPSA) is 34.1 Å². The molecule has 0 radical (unpaired) electrons. The molecule has 0 bridgehead atoms. The van der Waals surface area contributed by atoms with E-state index in [1.807, 2.05) is 27.9 Å². The second-order valence-electron chi connectivity index (χ2n) is 5.94. The number of hydrogen-bond donors (Lipinski definition) is 0. The molecule has 140 valence electrons. The van der Waals surface area contributed by atoms with Gasteiger partial charge in [0.15, 0.2) is 0 Å². The van der Waals surface area contributed by atoms with Crippen molar-refractivity contribution in [3.05, 3.63) is 54.1 Å². The van der Waals surface area contributed by atoms with Gasteiger partial charge in [0, 0.05) is 14.1 Å². The molecule has 0 aliphatic carbocycles. The monoisotopic (exact) mass is 366 g/mol. The van der Waals surface area contributed by atoms with Crippen LogP contribution in [0.5, 0.6) is 17.2 Å². The van der Waals surface area contributed by atoms with Gasteiger partial charge < -0.3 is 14.5 Å². The zero-order valence-corrected chi connectivity index (χ0v) is 15.0. The van der Waals surface area contributed by atoms with Crippen LogP contribution in [0, 0.1) is 0 Å². The summed E-state index contributed by atoms with van der Waals surface area (Å²) >= 11 is 0. The first-order valence-electron chi connectivity index (χ1n) is 7.99. The van der Waals surface area contributed by atoms with E-state index in [0.717, 1.165) is 17.8 Å². The van der Waals surface area contributed by atoms with E-state index in [-0.39, 0.29) is 6.10 Å². The zero-order chi connectivity index (χ0) is 19.3. The average Bonchev–Trinajstić information content (AvgIpc) is 2.55. The summed E-state index contributed by atoms with van der Waals surface area (Å²) in [4.78, 5) is 0. The predicted octanol–water partition coefficient (Wildman–Crippen LogP) is 5.20. The lowest BCUT2D eigenvalue weighted by molar-refractivity contribution is -0.137. The van der Waals surface area contributed by atoms with Crippen molar-refractivity contribution in [2.75, 3.05) is 14.1 Å². The van der Waals surface area contributed by atoms with Crippen molar-refractivity contribution in [2.45, 2.75) is 26.1 Å². The molecule has 0 aliphatic heterocycles. The zero-order valence-electron chi connectivity index (χ0n) is 15.0. The molecule has 7 heteroatoms. The SMILES string of the molecule is C/C(=N\N(C)C)C(C)Oc1ccc(Oc2ccc(C(F)(F)F)cc2)cc1. The number of ether oxygens (including phenoxy) is 2. The summed E-state index contributed by atoms with van der Waals surface area (Å²) in [5, 5.41) is 6.00. The van der Waals surface area contributed by atoms with Crippen LogP contribution in [0.4, 0.5) is 13.2 Å². The highest BCUT2D eigenvalue weighted by atomic mass is 19.4. The third-order valence-electron chi connectivity index (χ3n) is 3.50. The molecule has 0 N–H and O–H groups in total. The minimum Gasteiger partial charge on any atom is -0.485 e. The molecular weight excluding hydrogens is 345 g/mol. The molecule has 1 unspecified atom stereocenters. The van der Waals surface area contributed by atoms with Crippen LogP contribution >= 0.6 is 0 Å². The Morgan fingerprint density at radius 2 is 1.38 bits per heavy atom. The molecule has 2 aromatic carbocycles.